The number of aromatic nitrogens is 2. The number of thiazole rings is 1. The number of fused-ring (bicyclic) bond motifs is 1. The molecule has 1 N–H and O–H groups in total. The summed E-state index contributed by atoms with van der Waals surface area (Å²) < 4.78 is 29.4. The van der Waals surface area contributed by atoms with Gasteiger partial charge in [-0.3, -0.25) is 15.1 Å². The van der Waals surface area contributed by atoms with Crippen molar-refractivity contribution >= 4 is 58.5 Å². The Balaban J connectivity index is 1.84. The van der Waals surface area contributed by atoms with Crippen molar-refractivity contribution in [1.29, 1.82) is 0 Å². The molecule has 3 rings (SSSR count). The molecule has 0 atom stereocenters. The molecule has 10 heteroatoms. The largest absolute Gasteiger partial charge is 0.298 e. The smallest absolute Gasteiger partial charge is 0.259 e. The number of carbonyl (C=O) groups excluding carboxylic acids is 1. The minimum atomic E-state index is -3.59. The Morgan fingerprint density at radius 2 is 1.84 bits per heavy atom. The van der Waals surface area contributed by atoms with Crippen LogP contribution in [0.5, 0.6) is 0 Å². The fourth-order valence-corrected chi connectivity index (χ4v) is 5.88. The lowest BCUT2D eigenvalue weighted by atomic mass is 10.3. The lowest BCUT2D eigenvalue weighted by Crippen LogP contribution is -2.33. The van der Waals surface area contributed by atoms with Crippen molar-refractivity contribution in [3.8, 4) is 0 Å². The third kappa shape index (κ3) is 5.88. The molecule has 0 bridgehead atoms. The Kier molecular flexibility index (Phi) is 8.15. The summed E-state index contributed by atoms with van der Waals surface area (Å²) in [5.41, 5.74) is 1.04. The molecule has 7 nitrogen and oxygen atoms in total. The highest BCUT2D eigenvalue weighted by molar-refractivity contribution is 9.10. The summed E-state index contributed by atoms with van der Waals surface area (Å²) in [5.74, 6) is -0.328. The van der Waals surface area contributed by atoms with Gasteiger partial charge in [-0.05, 0) is 53.0 Å². The summed E-state index contributed by atoms with van der Waals surface area (Å²) in [7, 11) is -3.59. The van der Waals surface area contributed by atoms with Crippen LogP contribution in [0.2, 0.25) is 0 Å². The van der Waals surface area contributed by atoms with Crippen LogP contribution in [0.15, 0.2) is 46.0 Å². The number of benzene rings is 1. The number of sulfonamides is 1. The fourth-order valence-electron chi connectivity index (χ4n) is 2.99. The third-order valence-electron chi connectivity index (χ3n) is 4.71. The van der Waals surface area contributed by atoms with Gasteiger partial charge in [-0.15, -0.1) is 0 Å². The second kappa shape index (κ2) is 10.6. The van der Waals surface area contributed by atoms with Crippen molar-refractivity contribution < 1.29 is 13.2 Å². The summed E-state index contributed by atoms with van der Waals surface area (Å²) in [6.07, 6.45) is 6.59. The van der Waals surface area contributed by atoms with E-state index in [1.54, 1.807) is 34.8 Å². The highest BCUT2D eigenvalue weighted by Crippen LogP contribution is 2.30. The van der Waals surface area contributed by atoms with Gasteiger partial charge in [0.15, 0.2) is 5.13 Å². The second-order valence-electron chi connectivity index (χ2n) is 7.11. The average Bonchev–Trinajstić information content (AvgIpc) is 3.15. The molecule has 1 aromatic carbocycles. The van der Waals surface area contributed by atoms with E-state index in [9.17, 15) is 13.2 Å². The van der Waals surface area contributed by atoms with Crippen LogP contribution in [-0.2, 0) is 10.0 Å². The molecular weight excluding hydrogens is 500 g/mol. The number of halogens is 1. The summed E-state index contributed by atoms with van der Waals surface area (Å²) >= 11 is 4.54. The van der Waals surface area contributed by atoms with Crippen LogP contribution in [0.3, 0.4) is 0 Å². The monoisotopic (exact) mass is 524 g/mol. The SMILES string of the molecule is CCCCN(CCCC)S(=O)(=O)c1ccc2nc(NC(=O)c3cncc(Br)c3)sc2c1. The average molecular weight is 525 g/mol. The lowest BCUT2D eigenvalue weighted by Gasteiger charge is -2.21. The zero-order valence-corrected chi connectivity index (χ0v) is 20.7. The minimum Gasteiger partial charge on any atom is -0.298 e. The first kappa shape index (κ1) is 23.8. The van der Waals surface area contributed by atoms with Crippen LogP contribution in [0.25, 0.3) is 10.2 Å². The van der Waals surface area contributed by atoms with Crippen LogP contribution in [0.1, 0.15) is 49.9 Å². The number of carbonyl (C=O) groups is 1. The number of rotatable bonds is 10. The molecule has 0 radical (unpaired) electrons. The number of nitrogens with one attached hydrogen (secondary N) is 1. The van der Waals surface area contributed by atoms with Crippen molar-refractivity contribution in [1.82, 2.24) is 14.3 Å². The summed E-state index contributed by atoms with van der Waals surface area (Å²) in [4.78, 5) is 21.1. The number of unbranched alkanes of at least 4 members (excludes halogenated alkanes) is 2. The quantitative estimate of drug-likeness (QED) is 0.388. The number of nitrogens with zero attached hydrogens (tertiary/aromatic N) is 3. The maximum atomic E-state index is 13.2. The topological polar surface area (TPSA) is 92.3 Å². The van der Waals surface area contributed by atoms with E-state index in [1.165, 1.54) is 17.5 Å². The molecule has 2 heterocycles. The van der Waals surface area contributed by atoms with Gasteiger partial charge in [-0.1, -0.05) is 38.0 Å². The number of pyridine rings is 1. The molecule has 1 amide bonds. The number of hydrogen-bond donors (Lipinski definition) is 1. The number of amides is 1. The van der Waals surface area contributed by atoms with Gasteiger partial charge in [0, 0.05) is 30.0 Å². The van der Waals surface area contributed by atoms with Gasteiger partial charge in [0.1, 0.15) is 0 Å². The molecule has 0 unspecified atom stereocenters. The van der Waals surface area contributed by atoms with Gasteiger partial charge in [0.2, 0.25) is 10.0 Å². The first-order chi connectivity index (χ1) is 14.8. The predicted molar refractivity (Wildman–Crippen MR) is 128 cm³/mol. The van der Waals surface area contributed by atoms with Crippen molar-refractivity contribution in [2.45, 2.75) is 44.4 Å². The number of anilines is 1. The highest BCUT2D eigenvalue weighted by Gasteiger charge is 2.24. The maximum absolute atomic E-state index is 13.2. The molecule has 0 fully saturated rings. The van der Waals surface area contributed by atoms with E-state index in [2.05, 4.69) is 31.2 Å². The Bertz CT molecular complexity index is 1160. The third-order valence-corrected chi connectivity index (χ3v) is 7.97. The van der Waals surface area contributed by atoms with Crippen molar-refractivity contribution in [3.63, 3.8) is 0 Å². The van der Waals surface area contributed by atoms with Crippen molar-refractivity contribution in [2.24, 2.45) is 0 Å². The minimum absolute atomic E-state index is 0.255. The van der Waals surface area contributed by atoms with Crippen molar-refractivity contribution in [3.05, 3.63) is 46.7 Å². The summed E-state index contributed by atoms with van der Waals surface area (Å²) in [6, 6.07) is 6.59. The maximum Gasteiger partial charge on any atom is 0.259 e. The zero-order chi connectivity index (χ0) is 22.4. The molecule has 0 spiro atoms. The van der Waals surface area contributed by atoms with Crippen molar-refractivity contribution in [2.75, 3.05) is 18.4 Å². The molecule has 0 aliphatic rings. The standard InChI is InChI=1S/C21H25BrN4O3S2/c1-3-5-9-26(10-6-4-2)31(28,29)17-7-8-18-19(12-17)30-21(24-18)25-20(27)15-11-16(22)14-23-13-15/h7-8,11-14H,3-6,9-10H2,1-2H3,(H,24,25,27). The molecule has 166 valence electrons. The lowest BCUT2D eigenvalue weighted by molar-refractivity contribution is 0.102. The van der Waals surface area contributed by atoms with Crippen LogP contribution in [-0.4, -0.2) is 41.7 Å². The van der Waals surface area contributed by atoms with Crippen LogP contribution >= 0.6 is 27.3 Å². The highest BCUT2D eigenvalue weighted by atomic mass is 79.9. The Labute approximate surface area is 195 Å². The first-order valence-corrected chi connectivity index (χ1v) is 13.2. The van der Waals surface area contributed by atoms with E-state index < -0.39 is 10.0 Å². The molecular formula is C21H25BrN4O3S2. The van der Waals surface area contributed by atoms with E-state index in [0.717, 1.165) is 25.7 Å². The molecule has 2 aromatic heterocycles. The molecule has 0 aliphatic carbocycles. The van der Waals surface area contributed by atoms with Crippen LogP contribution in [0.4, 0.5) is 5.13 Å². The summed E-state index contributed by atoms with van der Waals surface area (Å²) in [6.45, 7) is 5.13. The van der Waals surface area contributed by atoms with Gasteiger partial charge in [-0.25, -0.2) is 13.4 Å². The number of hydrogen-bond acceptors (Lipinski definition) is 6. The summed E-state index contributed by atoms with van der Waals surface area (Å²) in [5, 5.41) is 3.17. The predicted octanol–water partition coefficient (Wildman–Crippen LogP) is 5.30. The van der Waals surface area contributed by atoms with E-state index in [-0.39, 0.29) is 10.8 Å². The Morgan fingerprint density at radius 1 is 1.13 bits per heavy atom. The van der Waals surface area contributed by atoms with E-state index in [1.807, 2.05) is 13.8 Å². The molecule has 0 saturated heterocycles. The molecule has 0 aliphatic heterocycles. The molecule has 31 heavy (non-hydrogen) atoms. The van der Waals surface area contributed by atoms with Gasteiger partial charge in [-0.2, -0.15) is 4.31 Å². The van der Waals surface area contributed by atoms with Crippen LogP contribution < -0.4 is 5.32 Å². The fraction of sp³-hybridized carbons (Fsp3) is 0.381. The Morgan fingerprint density at radius 3 is 2.48 bits per heavy atom. The van der Waals surface area contributed by atoms with Gasteiger partial charge < -0.3 is 0 Å². The van der Waals surface area contributed by atoms with E-state index in [4.69, 9.17) is 0 Å². The molecule has 3 aromatic rings. The van der Waals surface area contributed by atoms with Gasteiger partial charge >= 0.3 is 0 Å². The Hall–Kier alpha value is -1.88. The van der Waals surface area contributed by atoms with E-state index >= 15 is 0 Å². The van der Waals surface area contributed by atoms with E-state index in [0.29, 0.717) is 38.5 Å². The van der Waals surface area contributed by atoms with Gasteiger partial charge in [0.25, 0.3) is 5.91 Å². The molecule has 0 saturated carbocycles. The first-order valence-electron chi connectivity index (χ1n) is 10.2. The van der Waals surface area contributed by atoms with Gasteiger partial charge in [0.05, 0.1) is 20.7 Å². The van der Waals surface area contributed by atoms with Crippen LogP contribution in [0, 0.1) is 0 Å². The zero-order valence-electron chi connectivity index (χ0n) is 17.5. The second-order valence-corrected chi connectivity index (χ2v) is 11.0. The normalized spacial score (nSPS) is 11.9.